The van der Waals surface area contributed by atoms with Crippen molar-refractivity contribution in [1.29, 1.82) is 0 Å². The molecule has 2 rings (SSSR count). The topological polar surface area (TPSA) is 74.3 Å². The van der Waals surface area contributed by atoms with E-state index in [2.05, 4.69) is 9.71 Å². The first-order valence-electron chi connectivity index (χ1n) is 11.0. The van der Waals surface area contributed by atoms with Gasteiger partial charge in [-0.05, 0) is 63.4 Å². The van der Waals surface area contributed by atoms with Gasteiger partial charge in [0.25, 0.3) is 0 Å². The zero-order valence-corrected chi connectivity index (χ0v) is 21.0. The standard InChI is InChI=1S/C24H28F6N2O3S/c1-16-6-11-19(31-15-16)20(33)14-22(24(28,29)30,32-36(34)21(2,3)4)17-7-9-18(10-8-17)35-13-5-12-23(25,26)27/h6-11,15,32H,5,12-14H2,1-4H3/t22-,36?/m0/s1. The van der Waals surface area contributed by atoms with Gasteiger partial charge in [0.2, 0.25) is 0 Å². The number of hydrogen-bond acceptors (Lipinski definition) is 5. The molecule has 0 fully saturated rings. The number of carbonyl (C=O) groups is 1. The van der Waals surface area contributed by atoms with Crippen LogP contribution in [0.15, 0.2) is 42.6 Å². The summed E-state index contributed by atoms with van der Waals surface area (Å²) in [6, 6.07) is 7.29. The Morgan fingerprint density at radius 3 is 2.11 bits per heavy atom. The minimum absolute atomic E-state index is 0.0560. The number of ether oxygens (including phenoxy) is 1. The lowest BCUT2D eigenvalue weighted by Gasteiger charge is -2.38. The van der Waals surface area contributed by atoms with E-state index in [1.807, 2.05) is 0 Å². The molecule has 200 valence electrons. The number of nitrogens with one attached hydrogen (secondary N) is 1. The van der Waals surface area contributed by atoms with E-state index in [1.54, 1.807) is 13.0 Å². The van der Waals surface area contributed by atoms with Gasteiger partial charge >= 0.3 is 12.4 Å². The van der Waals surface area contributed by atoms with E-state index in [9.17, 15) is 35.7 Å². The summed E-state index contributed by atoms with van der Waals surface area (Å²) in [7, 11) is 0. The largest absolute Gasteiger partial charge is 0.598 e. The van der Waals surface area contributed by atoms with Crippen LogP contribution >= 0.6 is 0 Å². The fourth-order valence-corrected chi connectivity index (χ4v) is 4.02. The number of alkyl halides is 6. The zero-order valence-electron chi connectivity index (χ0n) is 20.2. The lowest BCUT2D eigenvalue weighted by atomic mass is 9.84. The molecule has 36 heavy (non-hydrogen) atoms. The van der Waals surface area contributed by atoms with Crippen LogP contribution in [0.5, 0.6) is 5.75 Å². The normalized spacial score (nSPS) is 15.3. The number of pyridine rings is 1. The third-order valence-corrected chi connectivity index (χ3v) is 6.80. The molecule has 0 bridgehead atoms. The van der Waals surface area contributed by atoms with Crippen LogP contribution in [-0.4, -0.2) is 39.0 Å². The molecule has 0 aliphatic carbocycles. The highest BCUT2D eigenvalue weighted by Gasteiger charge is 2.61. The van der Waals surface area contributed by atoms with Crippen molar-refractivity contribution >= 4 is 17.1 Å². The molecule has 1 N–H and O–H groups in total. The molecule has 0 saturated carbocycles. The monoisotopic (exact) mass is 538 g/mol. The highest BCUT2D eigenvalue weighted by atomic mass is 32.2. The molecule has 5 nitrogen and oxygen atoms in total. The average molecular weight is 539 g/mol. The van der Waals surface area contributed by atoms with Gasteiger partial charge in [-0.15, -0.1) is 4.72 Å². The van der Waals surface area contributed by atoms with E-state index < -0.39 is 58.2 Å². The first-order valence-corrected chi connectivity index (χ1v) is 12.1. The van der Waals surface area contributed by atoms with Crippen molar-refractivity contribution in [1.82, 2.24) is 9.71 Å². The fourth-order valence-electron chi connectivity index (χ4n) is 3.09. The van der Waals surface area contributed by atoms with Crippen LogP contribution in [-0.2, 0) is 16.9 Å². The van der Waals surface area contributed by atoms with Gasteiger partial charge in [0.15, 0.2) is 11.3 Å². The number of hydrogen-bond donors (Lipinski definition) is 1. The van der Waals surface area contributed by atoms with E-state index in [4.69, 9.17) is 4.74 Å². The number of nitrogens with zero attached hydrogens (tertiary/aromatic N) is 1. The van der Waals surface area contributed by atoms with E-state index in [1.165, 1.54) is 45.2 Å². The molecule has 0 radical (unpaired) electrons. The molecule has 0 amide bonds. The summed E-state index contributed by atoms with van der Waals surface area (Å²) in [4.78, 5) is 16.8. The molecule has 2 aromatic rings. The minimum atomic E-state index is -5.07. The van der Waals surface area contributed by atoms with Gasteiger partial charge < -0.3 is 9.29 Å². The fraction of sp³-hybridized carbons (Fsp3) is 0.500. The number of aromatic nitrogens is 1. The third-order valence-electron chi connectivity index (χ3n) is 5.15. The van der Waals surface area contributed by atoms with E-state index in [0.29, 0.717) is 5.56 Å². The smallest absolute Gasteiger partial charge is 0.415 e. The summed E-state index contributed by atoms with van der Waals surface area (Å²) < 4.78 is 100. The van der Waals surface area contributed by atoms with Crippen molar-refractivity contribution in [2.45, 2.75) is 69.6 Å². The Hall–Kier alpha value is -2.31. The molecule has 12 heteroatoms. The molecular weight excluding hydrogens is 510 g/mol. The Morgan fingerprint density at radius 2 is 1.64 bits per heavy atom. The van der Waals surface area contributed by atoms with Gasteiger partial charge in [0.1, 0.15) is 16.2 Å². The molecule has 0 spiro atoms. The van der Waals surface area contributed by atoms with Crippen LogP contribution in [0, 0.1) is 6.92 Å². The zero-order chi connectivity index (χ0) is 27.4. The average Bonchev–Trinajstić information content (AvgIpc) is 2.75. The van der Waals surface area contributed by atoms with Crippen molar-refractivity contribution in [2.75, 3.05) is 6.61 Å². The van der Waals surface area contributed by atoms with Crippen molar-refractivity contribution < 1.29 is 40.4 Å². The Labute approximate surface area is 209 Å². The van der Waals surface area contributed by atoms with Crippen molar-refractivity contribution in [3.8, 4) is 5.75 Å². The SMILES string of the molecule is Cc1ccc(C(=O)C[C@](N[S+]([O-])C(C)(C)C)(c2ccc(OCCCC(F)(F)F)cc2)C(F)(F)F)nc1. The number of Topliss-reactive ketones (excluding diaryl/α,β-unsaturated/α-hetero) is 1. The molecule has 0 saturated heterocycles. The molecule has 1 unspecified atom stereocenters. The number of carbonyl (C=O) groups excluding carboxylic acids is 1. The number of benzene rings is 1. The van der Waals surface area contributed by atoms with Crippen LogP contribution in [0.4, 0.5) is 26.3 Å². The van der Waals surface area contributed by atoms with E-state index in [-0.39, 0.29) is 24.5 Å². The van der Waals surface area contributed by atoms with Gasteiger partial charge in [-0.25, -0.2) is 0 Å². The lowest BCUT2D eigenvalue weighted by Crippen LogP contribution is -2.60. The summed E-state index contributed by atoms with van der Waals surface area (Å²) >= 11 is -2.23. The van der Waals surface area contributed by atoms with Crippen LogP contribution in [0.3, 0.4) is 0 Å². The summed E-state index contributed by atoms with van der Waals surface area (Å²) in [5.41, 5.74) is -2.91. The highest BCUT2D eigenvalue weighted by molar-refractivity contribution is 7.90. The number of aryl methyl sites for hydroxylation is 1. The van der Waals surface area contributed by atoms with E-state index in [0.717, 1.165) is 12.1 Å². The molecule has 1 heterocycles. The first-order chi connectivity index (χ1) is 16.4. The first kappa shape index (κ1) is 29.9. The van der Waals surface area contributed by atoms with Crippen LogP contribution in [0.1, 0.15) is 61.6 Å². The molecule has 0 aliphatic rings. The van der Waals surface area contributed by atoms with Gasteiger partial charge in [-0.1, -0.05) is 18.2 Å². The van der Waals surface area contributed by atoms with Gasteiger partial charge in [-0.2, -0.15) is 26.3 Å². The highest BCUT2D eigenvalue weighted by Crippen LogP contribution is 2.44. The Kier molecular flexibility index (Phi) is 9.46. The second kappa shape index (κ2) is 11.4. The van der Waals surface area contributed by atoms with Crippen molar-refractivity contribution in [2.24, 2.45) is 0 Å². The summed E-state index contributed by atoms with van der Waals surface area (Å²) in [6.07, 6.45) is -10.5. The molecule has 2 atom stereocenters. The molecular formula is C24H28F6N2O3S. The van der Waals surface area contributed by atoms with Crippen LogP contribution in [0.2, 0.25) is 0 Å². The van der Waals surface area contributed by atoms with Gasteiger partial charge in [0.05, 0.1) is 6.61 Å². The van der Waals surface area contributed by atoms with Crippen molar-refractivity contribution in [3.05, 3.63) is 59.4 Å². The quantitative estimate of drug-likeness (QED) is 0.169. The summed E-state index contributed by atoms with van der Waals surface area (Å²) in [5, 5.41) is 0. The third kappa shape index (κ3) is 8.10. The minimum Gasteiger partial charge on any atom is -0.598 e. The molecule has 0 aliphatic heterocycles. The Morgan fingerprint density at radius 1 is 1.03 bits per heavy atom. The van der Waals surface area contributed by atoms with Gasteiger partial charge in [-0.3, -0.25) is 9.78 Å². The summed E-state index contributed by atoms with van der Waals surface area (Å²) in [6.45, 7) is 5.88. The Balaban J connectivity index is 2.42. The number of rotatable bonds is 10. The van der Waals surface area contributed by atoms with E-state index >= 15 is 0 Å². The van der Waals surface area contributed by atoms with Gasteiger partial charge in [0, 0.05) is 30.4 Å². The Bertz CT molecular complexity index is 1000. The van der Waals surface area contributed by atoms with Crippen LogP contribution in [0.25, 0.3) is 0 Å². The molecule has 1 aromatic heterocycles. The number of halogens is 6. The maximum absolute atomic E-state index is 14.7. The lowest BCUT2D eigenvalue weighted by molar-refractivity contribution is -0.194. The second-order valence-corrected chi connectivity index (χ2v) is 11.3. The van der Waals surface area contributed by atoms with Crippen molar-refractivity contribution in [3.63, 3.8) is 0 Å². The predicted octanol–water partition coefficient (Wildman–Crippen LogP) is 6.19. The predicted molar refractivity (Wildman–Crippen MR) is 124 cm³/mol. The second-order valence-electron chi connectivity index (χ2n) is 9.30. The molecule has 1 aromatic carbocycles. The summed E-state index contributed by atoms with van der Waals surface area (Å²) in [5.74, 6) is -0.862. The van der Waals surface area contributed by atoms with Crippen LogP contribution < -0.4 is 9.46 Å². The number of ketones is 1. The maximum atomic E-state index is 14.7. The maximum Gasteiger partial charge on any atom is 0.415 e.